The van der Waals surface area contributed by atoms with E-state index >= 15 is 0 Å². The second-order valence-corrected chi connectivity index (χ2v) is 7.90. The molecule has 178 valence electrons. The maximum Gasteiger partial charge on any atom is 0.323 e. The molecule has 0 spiro atoms. The first-order valence-electron chi connectivity index (χ1n) is 11.5. The number of anilines is 3. The lowest BCUT2D eigenvalue weighted by molar-refractivity contribution is 0.0773. The summed E-state index contributed by atoms with van der Waals surface area (Å²) in [5.41, 5.74) is 2.60. The van der Waals surface area contributed by atoms with Crippen LogP contribution in [-0.2, 0) is 0 Å². The van der Waals surface area contributed by atoms with Crippen LogP contribution in [0.3, 0.4) is 0 Å². The quantitative estimate of drug-likeness (QED) is 0.598. The van der Waals surface area contributed by atoms with Gasteiger partial charge < -0.3 is 29.9 Å². The molecule has 8 nitrogen and oxygen atoms in total. The minimum Gasteiger partial charge on any atom is -0.497 e. The average Bonchev–Trinajstić information content (AvgIpc) is 2.85. The van der Waals surface area contributed by atoms with Crippen LogP contribution in [0.25, 0.3) is 0 Å². The largest absolute Gasteiger partial charge is 0.497 e. The zero-order valence-corrected chi connectivity index (χ0v) is 19.9. The van der Waals surface area contributed by atoms with Gasteiger partial charge in [-0.2, -0.15) is 0 Å². The van der Waals surface area contributed by atoms with Crippen LogP contribution in [0, 0.1) is 0 Å². The van der Waals surface area contributed by atoms with E-state index in [0.29, 0.717) is 41.5 Å². The topological polar surface area (TPSA) is 83.1 Å². The predicted octanol–water partition coefficient (Wildman–Crippen LogP) is 4.82. The minimum absolute atomic E-state index is 0.0264. The summed E-state index contributed by atoms with van der Waals surface area (Å²) in [5, 5.41) is 5.64. The number of carbonyl (C=O) groups excluding carboxylic acids is 2. The van der Waals surface area contributed by atoms with Crippen LogP contribution in [-0.4, -0.2) is 57.2 Å². The summed E-state index contributed by atoms with van der Waals surface area (Å²) in [6.07, 6.45) is 3.44. The molecule has 0 bridgehead atoms. The second-order valence-electron chi connectivity index (χ2n) is 7.90. The molecule has 0 saturated carbocycles. The van der Waals surface area contributed by atoms with Crippen LogP contribution < -0.4 is 25.0 Å². The van der Waals surface area contributed by atoms with Gasteiger partial charge in [-0.05, 0) is 63.4 Å². The van der Waals surface area contributed by atoms with Gasteiger partial charge in [0.15, 0.2) is 0 Å². The van der Waals surface area contributed by atoms with E-state index in [4.69, 9.17) is 9.47 Å². The number of rotatable bonds is 8. The molecule has 0 aromatic heterocycles. The van der Waals surface area contributed by atoms with E-state index in [2.05, 4.69) is 15.5 Å². The number of hydrogen-bond acceptors (Lipinski definition) is 5. The molecule has 3 amide bonds. The fourth-order valence-corrected chi connectivity index (χ4v) is 4.06. The molecule has 0 aliphatic carbocycles. The van der Waals surface area contributed by atoms with Gasteiger partial charge in [-0.25, -0.2) is 4.79 Å². The highest BCUT2D eigenvalue weighted by atomic mass is 16.5. The predicted molar refractivity (Wildman–Crippen MR) is 132 cm³/mol. The lowest BCUT2D eigenvalue weighted by Crippen LogP contribution is -2.35. The van der Waals surface area contributed by atoms with Crippen molar-refractivity contribution in [3.8, 4) is 11.5 Å². The molecule has 2 N–H and O–H groups in total. The van der Waals surface area contributed by atoms with Gasteiger partial charge in [0.05, 0.1) is 25.5 Å². The number of carbonyl (C=O) groups is 2. The van der Waals surface area contributed by atoms with Crippen molar-refractivity contribution >= 4 is 29.0 Å². The van der Waals surface area contributed by atoms with Gasteiger partial charge in [0, 0.05) is 43.6 Å². The fourth-order valence-electron chi connectivity index (χ4n) is 4.06. The van der Waals surface area contributed by atoms with Gasteiger partial charge in [-0.15, -0.1) is 0 Å². The number of hydrogen-bond donors (Lipinski definition) is 2. The number of nitrogens with zero attached hydrogens (tertiary/aromatic N) is 2. The zero-order chi connectivity index (χ0) is 23.8. The van der Waals surface area contributed by atoms with E-state index in [-0.39, 0.29) is 5.91 Å². The molecule has 3 rings (SSSR count). The van der Waals surface area contributed by atoms with Crippen molar-refractivity contribution in [2.24, 2.45) is 0 Å². The van der Waals surface area contributed by atoms with E-state index in [1.54, 1.807) is 36.3 Å². The summed E-state index contributed by atoms with van der Waals surface area (Å²) >= 11 is 0. The van der Waals surface area contributed by atoms with Crippen molar-refractivity contribution in [3.05, 3.63) is 42.0 Å². The highest BCUT2D eigenvalue weighted by Gasteiger charge is 2.22. The molecular weight excluding hydrogens is 420 g/mol. The van der Waals surface area contributed by atoms with Crippen LogP contribution >= 0.6 is 0 Å². The SMILES string of the molecule is CCN(CC)C(=O)c1cc(NC(=O)Nc2ccc(OC)cc2OC)ccc1N1CCCCC1. The van der Waals surface area contributed by atoms with Crippen LogP contribution in [0.15, 0.2) is 36.4 Å². The van der Waals surface area contributed by atoms with E-state index in [0.717, 1.165) is 31.6 Å². The number of piperidine rings is 1. The molecule has 8 heteroatoms. The van der Waals surface area contributed by atoms with Crippen LogP contribution in [0.2, 0.25) is 0 Å². The summed E-state index contributed by atoms with van der Waals surface area (Å²) in [5.74, 6) is 1.09. The molecule has 0 radical (unpaired) electrons. The van der Waals surface area contributed by atoms with Gasteiger partial charge >= 0.3 is 6.03 Å². The Morgan fingerprint density at radius 3 is 2.30 bits per heavy atom. The molecule has 2 aromatic rings. The summed E-state index contributed by atoms with van der Waals surface area (Å²) in [4.78, 5) is 30.1. The average molecular weight is 455 g/mol. The molecule has 1 heterocycles. The molecule has 0 atom stereocenters. The molecular formula is C25H34N4O4. The third-order valence-corrected chi connectivity index (χ3v) is 5.89. The van der Waals surface area contributed by atoms with Gasteiger partial charge in [0.1, 0.15) is 11.5 Å². The number of urea groups is 1. The Kier molecular flexibility index (Phi) is 8.40. The third-order valence-electron chi connectivity index (χ3n) is 5.89. The maximum absolute atomic E-state index is 13.3. The highest BCUT2D eigenvalue weighted by molar-refractivity contribution is 6.04. The lowest BCUT2D eigenvalue weighted by atomic mass is 10.1. The first-order valence-corrected chi connectivity index (χ1v) is 11.5. The number of amides is 3. The Bertz CT molecular complexity index is 969. The monoisotopic (exact) mass is 454 g/mol. The molecule has 1 fully saturated rings. The number of methoxy groups -OCH3 is 2. The fraction of sp³-hybridized carbons (Fsp3) is 0.440. The zero-order valence-electron chi connectivity index (χ0n) is 19.9. The van der Waals surface area contributed by atoms with E-state index in [1.165, 1.54) is 13.5 Å². The maximum atomic E-state index is 13.3. The lowest BCUT2D eigenvalue weighted by Gasteiger charge is -2.31. The van der Waals surface area contributed by atoms with Gasteiger partial charge in [0.2, 0.25) is 0 Å². The highest BCUT2D eigenvalue weighted by Crippen LogP contribution is 2.30. The first kappa shape index (κ1) is 24.2. The standard InChI is InChI=1S/C25H34N4O4/c1-5-28(6-2)24(30)20-16-18(10-13-22(20)29-14-8-7-9-15-29)26-25(31)27-21-12-11-19(32-3)17-23(21)33-4/h10-13,16-17H,5-9,14-15H2,1-4H3,(H2,26,27,31). The van der Waals surface area contributed by atoms with E-state index in [9.17, 15) is 9.59 Å². The summed E-state index contributed by atoms with van der Waals surface area (Å²) in [7, 11) is 3.10. The number of nitrogens with one attached hydrogen (secondary N) is 2. The second kappa shape index (κ2) is 11.4. The van der Waals surface area contributed by atoms with E-state index < -0.39 is 6.03 Å². The van der Waals surface area contributed by atoms with Gasteiger partial charge in [0.25, 0.3) is 5.91 Å². The molecule has 33 heavy (non-hydrogen) atoms. The summed E-state index contributed by atoms with van der Waals surface area (Å²) in [6, 6.07) is 10.3. The first-order chi connectivity index (χ1) is 16.0. The van der Waals surface area contributed by atoms with Crippen molar-refractivity contribution in [2.45, 2.75) is 33.1 Å². The van der Waals surface area contributed by atoms with Crippen molar-refractivity contribution in [3.63, 3.8) is 0 Å². The van der Waals surface area contributed by atoms with Crippen molar-refractivity contribution < 1.29 is 19.1 Å². The Morgan fingerprint density at radius 2 is 1.67 bits per heavy atom. The van der Waals surface area contributed by atoms with E-state index in [1.807, 2.05) is 26.0 Å². The summed E-state index contributed by atoms with van der Waals surface area (Å²) < 4.78 is 10.5. The number of ether oxygens (including phenoxy) is 2. The normalized spacial score (nSPS) is 13.3. The Balaban J connectivity index is 1.83. The summed E-state index contributed by atoms with van der Waals surface area (Å²) in [6.45, 7) is 7.07. The van der Waals surface area contributed by atoms with Gasteiger partial charge in [-0.1, -0.05) is 0 Å². The van der Waals surface area contributed by atoms with Crippen molar-refractivity contribution in [1.29, 1.82) is 0 Å². The number of benzene rings is 2. The minimum atomic E-state index is -0.426. The molecule has 1 saturated heterocycles. The third kappa shape index (κ3) is 5.88. The van der Waals surface area contributed by atoms with Crippen LogP contribution in [0.5, 0.6) is 11.5 Å². The molecule has 2 aromatic carbocycles. The Labute approximate surface area is 195 Å². The Morgan fingerprint density at radius 1 is 0.939 bits per heavy atom. The Hall–Kier alpha value is -3.42. The molecule has 1 aliphatic heterocycles. The smallest absolute Gasteiger partial charge is 0.323 e. The van der Waals surface area contributed by atoms with Crippen LogP contribution in [0.1, 0.15) is 43.5 Å². The molecule has 1 aliphatic rings. The van der Waals surface area contributed by atoms with Crippen molar-refractivity contribution in [1.82, 2.24) is 4.90 Å². The van der Waals surface area contributed by atoms with Gasteiger partial charge in [-0.3, -0.25) is 4.79 Å². The molecule has 0 unspecified atom stereocenters. The van der Waals surface area contributed by atoms with Crippen molar-refractivity contribution in [2.75, 3.05) is 55.9 Å². The van der Waals surface area contributed by atoms with Crippen LogP contribution in [0.4, 0.5) is 21.9 Å².